The molecule has 0 fully saturated rings. The zero-order chi connectivity index (χ0) is 17.4. The van der Waals surface area contributed by atoms with Gasteiger partial charge in [-0.05, 0) is 26.0 Å². The Morgan fingerprint density at radius 1 is 1.33 bits per heavy atom. The van der Waals surface area contributed by atoms with E-state index in [1.807, 2.05) is 38.1 Å². The van der Waals surface area contributed by atoms with Gasteiger partial charge in [0.25, 0.3) is 0 Å². The lowest BCUT2D eigenvalue weighted by Gasteiger charge is -2.19. The van der Waals surface area contributed by atoms with Gasteiger partial charge >= 0.3 is 0 Å². The number of rotatable bonds is 8. The number of hydrogen-bond donors (Lipinski definition) is 1. The van der Waals surface area contributed by atoms with Crippen molar-refractivity contribution in [2.75, 3.05) is 30.7 Å². The number of aromatic nitrogens is 2. The third kappa shape index (κ3) is 4.59. The number of nitrogens with zero attached hydrogens (tertiary/aromatic N) is 4. The maximum absolute atomic E-state index is 12.3. The van der Waals surface area contributed by atoms with Gasteiger partial charge in [-0.1, -0.05) is 23.9 Å². The first-order valence-electron chi connectivity index (χ1n) is 7.97. The topological polar surface area (TPSA) is 81.9 Å². The van der Waals surface area contributed by atoms with Crippen LogP contribution in [0.3, 0.4) is 0 Å². The first-order valence-corrected chi connectivity index (χ1v) is 8.96. The molecule has 126 valence electrons. The molecule has 1 amide bonds. The van der Waals surface area contributed by atoms with Crippen LogP contribution in [-0.4, -0.2) is 46.2 Å². The zero-order valence-electron chi connectivity index (χ0n) is 14.0. The van der Waals surface area contributed by atoms with Crippen molar-refractivity contribution in [3.8, 4) is 6.07 Å². The second-order valence-corrected chi connectivity index (χ2v) is 6.01. The summed E-state index contributed by atoms with van der Waals surface area (Å²) in [5, 5.41) is 13.5. The number of anilines is 1. The molecule has 2 rings (SSSR count). The average Bonchev–Trinajstić information content (AvgIpc) is 2.61. The van der Waals surface area contributed by atoms with Crippen LogP contribution in [0.4, 0.5) is 5.82 Å². The summed E-state index contributed by atoms with van der Waals surface area (Å²) < 4.78 is 0. The first kappa shape index (κ1) is 18.0. The Bertz CT molecular complexity index is 743. The fraction of sp³-hybridized carbons (Fsp3) is 0.412. The number of carbonyl (C=O) groups excluding carboxylic acids is 1. The van der Waals surface area contributed by atoms with Crippen molar-refractivity contribution in [1.82, 2.24) is 14.9 Å². The van der Waals surface area contributed by atoms with Gasteiger partial charge in [-0.15, -0.1) is 0 Å². The molecule has 2 aromatic rings. The highest BCUT2D eigenvalue weighted by molar-refractivity contribution is 7.99. The second-order valence-electron chi connectivity index (χ2n) is 5.07. The van der Waals surface area contributed by atoms with Crippen LogP contribution in [-0.2, 0) is 4.79 Å². The molecular formula is C17H21N5OS. The smallest absolute Gasteiger partial charge is 0.233 e. The molecule has 1 heterocycles. The van der Waals surface area contributed by atoms with Gasteiger partial charge in [0.05, 0.1) is 23.8 Å². The van der Waals surface area contributed by atoms with E-state index >= 15 is 0 Å². The van der Waals surface area contributed by atoms with Crippen LogP contribution >= 0.6 is 11.8 Å². The minimum Gasteiger partial charge on any atom is -0.370 e. The average molecular weight is 343 g/mol. The van der Waals surface area contributed by atoms with E-state index in [-0.39, 0.29) is 11.7 Å². The van der Waals surface area contributed by atoms with Crippen LogP contribution in [0.5, 0.6) is 0 Å². The number of carbonyl (C=O) groups is 1. The van der Waals surface area contributed by atoms with Gasteiger partial charge in [0, 0.05) is 25.0 Å². The number of thioether (sulfide) groups is 1. The maximum Gasteiger partial charge on any atom is 0.233 e. The summed E-state index contributed by atoms with van der Waals surface area (Å²) in [4.78, 5) is 23.0. The van der Waals surface area contributed by atoms with Crippen molar-refractivity contribution >= 4 is 34.4 Å². The van der Waals surface area contributed by atoms with Gasteiger partial charge in [-0.2, -0.15) is 5.26 Å². The lowest BCUT2D eigenvalue weighted by molar-refractivity contribution is -0.128. The molecule has 24 heavy (non-hydrogen) atoms. The monoisotopic (exact) mass is 343 g/mol. The Hall–Kier alpha value is -2.33. The van der Waals surface area contributed by atoms with Gasteiger partial charge in [0.2, 0.25) is 5.91 Å². The van der Waals surface area contributed by atoms with E-state index in [9.17, 15) is 4.79 Å². The number of amides is 1. The van der Waals surface area contributed by atoms with Gasteiger partial charge < -0.3 is 10.2 Å². The summed E-state index contributed by atoms with van der Waals surface area (Å²) in [7, 11) is 0. The molecular weight excluding hydrogens is 322 g/mol. The molecule has 0 saturated heterocycles. The van der Waals surface area contributed by atoms with E-state index < -0.39 is 0 Å². The maximum atomic E-state index is 12.3. The largest absolute Gasteiger partial charge is 0.370 e. The standard InChI is InChI=1S/C17H21N5OS/c1-3-19-16-13-8-5-6-9-14(13)20-17(21-16)24-12-15(23)22(4-2)11-7-10-18/h5-6,8-9H,3-4,7,11-12H2,1-2H3,(H,19,20,21). The summed E-state index contributed by atoms with van der Waals surface area (Å²) in [5.74, 6) is 1.05. The Kier molecular flexibility index (Phi) is 6.82. The Labute approximate surface area is 146 Å². The van der Waals surface area contributed by atoms with Gasteiger partial charge in [0.15, 0.2) is 5.16 Å². The molecule has 0 saturated carbocycles. The lowest BCUT2D eigenvalue weighted by atomic mass is 10.2. The molecule has 0 aliphatic carbocycles. The second kappa shape index (κ2) is 9.08. The number of fused-ring (bicyclic) bond motifs is 1. The third-order valence-electron chi connectivity index (χ3n) is 3.48. The van der Waals surface area contributed by atoms with E-state index in [4.69, 9.17) is 5.26 Å². The summed E-state index contributed by atoms with van der Waals surface area (Å²) in [6.07, 6.45) is 0.349. The van der Waals surface area contributed by atoms with Gasteiger partial charge in [-0.3, -0.25) is 4.79 Å². The predicted octanol–water partition coefficient (Wildman–Crippen LogP) is 2.92. The minimum absolute atomic E-state index is 0.000454. The molecule has 0 spiro atoms. The highest BCUT2D eigenvalue weighted by Crippen LogP contribution is 2.24. The number of nitriles is 1. The van der Waals surface area contributed by atoms with Crippen molar-refractivity contribution < 1.29 is 4.79 Å². The number of benzene rings is 1. The van der Waals surface area contributed by atoms with E-state index in [1.54, 1.807) is 4.90 Å². The molecule has 0 unspecified atom stereocenters. The van der Waals surface area contributed by atoms with Crippen molar-refractivity contribution in [3.05, 3.63) is 24.3 Å². The van der Waals surface area contributed by atoms with Gasteiger partial charge in [0.1, 0.15) is 5.82 Å². The highest BCUT2D eigenvalue weighted by Gasteiger charge is 2.14. The lowest BCUT2D eigenvalue weighted by Crippen LogP contribution is -2.33. The van der Waals surface area contributed by atoms with Crippen LogP contribution < -0.4 is 5.32 Å². The van der Waals surface area contributed by atoms with E-state index in [1.165, 1.54) is 11.8 Å². The molecule has 1 aromatic heterocycles. The molecule has 0 aliphatic rings. The van der Waals surface area contributed by atoms with E-state index in [0.29, 0.717) is 24.7 Å². The quantitative estimate of drug-likeness (QED) is 0.586. The number of nitrogens with one attached hydrogen (secondary N) is 1. The molecule has 1 N–H and O–H groups in total. The summed E-state index contributed by atoms with van der Waals surface area (Å²) >= 11 is 1.32. The molecule has 0 aliphatic heterocycles. The van der Waals surface area contributed by atoms with Crippen molar-refractivity contribution in [1.29, 1.82) is 5.26 Å². The highest BCUT2D eigenvalue weighted by atomic mass is 32.2. The summed E-state index contributed by atoms with van der Waals surface area (Å²) in [6, 6.07) is 9.88. The van der Waals surface area contributed by atoms with Gasteiger partial charge in [-0.25, -0.2) is 9.97 Å². The molecule has 7 heteroatoms. The normalized spacial score (nSPS) is 10.4. The third-order valence-corrected chi connectivity index (χ3v) is 4.31. The Morgan fingerprint density at radius 3 is 2.83 bits per heavy atom. The summed E-state index contributed by atoms with van der Waals surface area (Å²) in [6.45, 7) is 5.76. The molecule has 1 aromatic carbocycles. The first-order chi connectivity index (χ1) is 11.7. The fourth-order valence-corrected chi connectivity index (χ4v) is 3.04. The molecule has 0 atom stereocenters. The zero-order valence-corrected chi connectivity index (χ0v) is 14.8. The van der Waals surface area contributed by atoms with E-state index in [2.05, 4.69) is 21.4 Å². The summed E-state index contributed by atoms with van der Waals surface area (Å²) in [5.41, 5.74) is 0.857. The Morgan fingerprint density at radius 2 is 2.12 bits per heavy atom. The van der Waals surface area contributed by atoms with Crippen LogP contribution in [0.1, 0.15) is 20.3 Å². The van der Waals surface area contributed by atoms with Crippen LogP contribution in [0.15, 0.2) is 29.4 Å². The minimum atomic E-state index is -0.000454. The molecule has 0 bridgehead atoms. The predicted molar refractivity (Wildman–Crippen MR) is 96.9 cm³/mol. The van der Waals surface area contributed by atoms with E-state index in [0.717, 1.165) is 23.3 Å². The number of para-hydroxylation sites is 1. The molecule has 0 radical (unpaired) electrons. The van der Waals surface area contributed by atoms with Crippen molar-refractivity contribution in [2.24, 2.45) is 0 Å². The molecule has 6 nitrogen and oxygen atoms in total. The fourth-order valence-electron chi connectivity index (χ4n) is 2.28. The van der Waals surface area contributed by atoms with Crippen molar-refractivity contribution in [3.63, 3.8) is 0 Å². The SMILES string of the molecule is CCNc1nc(SCC(=O)N(CC)CCC#N)nc2ccccc12. The van der Waals surface area contributed by atoms with Crippen LogP contribution in [0.25, 0.3) is 10.9 Å². The van der Waals surface area contributed by atoms with Crippen molar-refractivity contribution in [2.45, 2.75) is 25.4 Å². The van der Waals surface area contributed by atoms with Crippen LogP contribution in [0.2, 0.25) is 0 Å². The Balaban J connectivity index is 2.12. The van der Waals surface area contributed by atoms with Crippen LogP contribution in [0, 0.1) is 11.3 Å². The number of hydrogen-bond acceptors (Lipinski definition) is 6.